The van der Waals surface area contributed by atoms with E-state index in [9.17, 15) is 87.7 Å². The van der Waals surface area contributed by atoms with Gasteiger partial charge in [-0.2, -0.15) is 8.42 Å². The Morgan fingerprint density at radius 3 is 2.12 bits per heavy atom. The quantitative estimate of drug-likeness (QED) is 0.0553. The molecule has 3 aromatic rings. The lowest BCUT2D eigenvalue weighted by Gasteiger charge is -2.47. The molecular formula is C65H96ClN11O20S2. The predicted molar refractivity (Wildman–Crippen MR) is 359 cm³/mol. The summed E-state index contributed by atoms with van der Waals surface area (Å²) in [6.07, 6.45) is -1.38. The maximum absolute atomic E-state index is 15.0. The molecule has 2 aromatic carbocycles. The fourth-order valence-electron chi connectivity index (χ4n) is 14.8. The second-order valence-corrected chi connectivity index (χ2v) is 29.9. The summed E-state index contributed by atoms with van der Waals surface area (Å²) >= 11 is 8.48. The Morgan fingerprint density at radius 2 is 1.46 bits per heavy atom. The number of methoxy groups -OCH3 is 1. The van der Waals surface area contributed by atoms with Gasteiger partial charge in [-0.1, -0.05) is 55.2 Å². The van der Waals surface area contributed by atoms with Crippen LogP contribution in [0.4, 0.5) is 5.69 Å². The SMILES string of the molecule is COC1(C2CCCCC2)CCN(c2ccc(-c3nnc([C@H]4CC[C@H](CN[C@H]5C[C@@H](O)CNC(=O)[C@@H]6[C@@H](O)[C@@H](C)CN6C(=O)[C@H]([C@H](O)CCNC(CO)CO)NC(=O)[C@H]([C@H](O)Cc6ccc(O)c(OS(=O)(=O)O)c6)NC(=O)[C@@H]6CC(O)CN6C(=O)[C@H]([C@@H](C)O)NC5=O)CC4)s3)c(Cl)c2)CC1. The number of aromatic hydroxyl groups is 1. The molecule has 31 nitrogen and oxygen atoms in total. The fraction of sp³-hybridized carbons (Fsp3) is 0.692. The average Bonchev–Trinajstić information content (AvgIpc) is 1.79. The summed E-state index contributed by atoms with van der Waals surface area (Å²) in [7, 11) is -3.37. The summed E-state index contributed by atoms with van der Waals surface area (Å²) < 4.78 is 43.4. The summed E-state index contributed by atoms with van der Waals surface area (Å²) in [5, 5.41) is 126. The van der Waals surface area contributed by atoms with Gasteiger partial charge in [0.2, 0.25) is 35.4 Å². The zero-order chi connectivity index (χ0) is 71.6. The van der Waals surface area contributed by atoms with E-state index in [1.165, 1.54) is 57.3 Å². The normalized spacial score (nSPS) is 29.2. The number of nitrogens with one attached hydrogen (secondary N) is 6. The number of β-amino-alcohol motifs (C(OH)–C–C–N with tert-alkyl or cyclic N) is 1. The van der Waals surface area contributed by atoms with E-state index in [1.807, 2.05) is 19.2 Å². The number of halogens is 1. The maximum atomic E-state index is 15.0. The van der Waals surface area contributed by atoms with Crippen molar-refractivity contribution in [1.82, 2.24) is 51.9 Å². The van der Waals surface area contributed by atoms with Crippen LogP contribution >= 0.6 is 22.9 Å². The Morgan fingerprint density at radius 1 is 0.788 bits per heavy atom. The van der Waals surface area contributed by atoms with Crippen LogP contribution in [0.5, 0.6) is 11.5 Å². The van der Waals surface area contributed by atoms with E-state index < -0.39 is 194 Å². The van der Waals surface area contributed by atoms with Gasteiger partial charge in [-0.3, -0.25) is 33.3 Å². The Balaban J connectivity index is 0.934. The van der Waals surface area contributed by atoms with Crippen molar-refractivity contribution in [3.63, 3.8) is 0 Å². The number of aliphatic hydroxyl groups is 8. The molecular weight excluding hydrogens is 1350 g/mol. The third kappa shape index (κ3) is 19.2. The van der Waals surface area contributed by atoms with Gasteiger partial charge in [0.15, 0.2) is 11.5 Å². The standard InChI is InChI=1S/C65H96ClN11O20S2/c1-34-30-77-55(56(34)86)60(90)69-29-42(81)26-46(68-28-36-9-12-38(13-10-36)61-73-74-62(98-61)44-15-14-41(25-45(44)66)75-21-18-65(96-3,19-22-75)39-7-5-4-6-8-39)57(87)70-52(35(2)80)63(91)76-31-43(82)27-47(76)58(88)71-53(50(85)23-37-11-16-48(83)51(24-37)97-99(93,94)95)59(89)72-54(64(77)92)49(84)17-20-67-40(32-78)33-79/h11,14-16,24-25,34-36,38-40,42-43,46-47,49-50,52-56,67-68,78-86H,4-10,12-13,17-23,26-33H2,1-3H3,(H,69,90)(H,70,87)(H,71,88)(H,72,89)(H,93,94,95)/t34-,35+,36-,38-,42+,43?,46-,47-,49+,50+,52-,53-,54-,55-,56-/m0/s1. The number of anilines is 1. The van der Waals surface area contributed by atoms with Crippen LogP contribution in [0.3, 0.4) is 0 Å². The number of ether oxygens (including phenoxy) is 1. The predicted octanol–water partition coefficient (Wildman–Crippen LogP) is -1.27. The number of nitrogens with zero attached hydrogens (tertiary/aromatic N) is 5. The summed E-state index contributed by atoms with van der Waals surface area (Å²) in [6, 6.07) is -2.78. The molecule has 13 atom stereocenters. The summed E-state index contributed by atoms with van der Waals surface area (Å²) in [6.45, 7) is 1.88. The fourth-order valence-corrected chi connectivity index (χ4v) is 16.6. The van der Waals surface area contributed by atoms with Crippen LogP contribution in [-0.2, 0) is 50.3 Å². The van der Waals surface area contributed by atoms with Crippen LogP contribution in [0.2, 0.25) is 5.02 Å². The topological polar surface area (TPSA) is 465 Å². The summed E-state index contributed by atoms with van der Waals surface area (Å²) in [4.78, 5) is 92.5. The number of amides is 6. The Hall–Kier alpha value is -6.02. The molecule has 4 saturated heterocycles. The first-order chi connectivity index (χ1) is 47.1. The van der Waals surface area contributed by atoms with E-state index in [0.717, 1.165) is 70.2 Å². The molecule has 9 rings (SSSR count). The van der Waals surface area contributed by atoms with Crippen LogP contribution in [0.25, 0.3) is 10.6 Å². The van der Waals surface area contributed by atoms with E-state index in [-0.39, 0.29) is 42.6 Å². The number of aromatic nitrogens is 2. The molecule has 5 heterocycles. The van der Waals surface area contributed by atoms with Gasteiger partial charge in [0, 0.05) is 75.8 Å². The van der Waals surface area contributed by atoms with Crippen LogP contribution in [0.1, 0.15) is 120 Å². The van der Waals surface area contributed by atoms with Gasteiger partial charge in [0.25, 0.3) is 0 Å². The number of carbonyl (C=O) groups excluding carboxylic acids is 6. The minimum Gasteiger partial charge on any atom is -0.504 e. The zero-order valence-corrected chi connectivity index (χ0v) is 58.1. The van der Waals surface area contributed by atoms with Crippen molar-refractivity contribution in [3.05, 3.63) is 52.0 Å². The second kappa shape index (κ2) is 34.3. The molecule has 0 bridgehead atoms. The molecule has 2 aliphatic carbocycles. The van der Waals surface area contributed by atoms with Gasteiger partial charge in [-0.25, -0.2) is 0 Å². The Kier molecular flexibility index (Phi) is 26.7. The number of fused-ring (bicyclic) bond motifs is 2. The monoisotopic (exact) mass is 1450 g/mol. The maximum Gasteiger partial charge on any atom is 0.446 e. The minimum absolute atomic E-state index is 0.0242. The van der Waals surface area contributed by atoms with Gasteiger partial charge in [-0.05, 0) is 132 Å². The van der Waals surface area contributed by atoms with Crippen molar-refractivity contribution in [3.8, 4) is 22.1 Å². The molecule has 0 radical (unpaired) electrons. The molecule has 99 heavy (non-hydrogen) atoms. The number of phenolic OH excluding ortho intramolecular Hbond substituents is 1. The first-order valence-electron chi connectivity index (χ1n) is 34.1. The molecule has 550 valence electrons. The van der Waals surface area contributed by atoms with Crippen LogP contribution in [0.15, 0.2) is 36.4 Å². The highest BCUT2D eigenvalue weighted by Gasteiger charge is 2.50. The largest absolute Gasteiger partial charge is 0.504 e. The third-order valence-corrected chi connectivity index (χ3v) is 22.4. The second-order valence-electron chi connectivity index (χ2n) is 27.5. The molecule has 34 heteroatoms. The highest BCUT2D eigenvalue weighted by molar-refractivity contribution is 7.81. The van der Waals surface area contributed by atoms with Gasteiger partial charge < -0.3 is 101 Å². The molecule has 1 aromatic heterocycles. The van der Waals surface area contributed by atoms with Gasteiger partial charge in [0.05, 0.1) is 72.5 Å². The Labute approximate surface area is 583 Å². The van der Waals surface area contributed by atoms with Crippen LogP contribution in [0, 0.1) is 17.8 Å². The number of aliphatic hydroxyl groups excluding tert-OH is 8. The smallest absolute Gasteiger partial charge is 0.446 e. The van der Waals surface area contributed by atoms with Crippen molar-refractivity contribution >= 4 is 74.5 Å². The number of hydrogen-bond acceptors (Lipinski definition) is 25. The van der Waals surface area contributed by atoms with Gasteiger partial charge in [-0.15, -0.1) is 10.2 Å². The average molecular weight is 1450 g/mol. The lowest BCUT2D eigenvalue weighted by molar-refractivity contribution is -0.147. The molecule has 0 spiro atoms. The number of phenols is 1. The summed E-state index contributed by atoms with van der Waals surface area (Å²) in [5.74, 6) is -8.56. The van der Waals surface area contributed by atoms with Crippen molar-refractivity contribution < 1.29 is 96.6 Å². The lowest BCUT2D eigenvalue weighted by atomic mass is 9.72. The first kappa shape index (κ1) is 77.1. The molecule has 6 fully saturated rings. The molecule has 6 aliphatic rings. The van der Waals surface area contributed by atoms with E-state index in [4.69, 9.17) is 16.3 Å². The number of hydrogen-bond donors (Lipinski definition) is 16. The number of carbonyl (C=O) groups is 6. The van der Waals surface area contributed by atoms with Crippen molar-refractivity contribution in [2.45, 2.75) is 201 Å². The van der Waals surface area contributed by atoms with E-state index in [1.54, 1.807) is 0 Å². The van der Waals surface area contributed by atoms with Gasteiger partial charge >= 0.3 is 10.4 Å². The van der Waals surface area contributed by atoms with E-state index >= 15 is 0 Å². The van der Waals surface area contributed by atoms with Crippen molar-refractivity contribution in [2.75, 3.05) is 71.0 Å². The minimum atomic E-state index is -5.23. The molecule has 1 unspecified atom stereocenters. The number of rotatable bonds is 21. The lowest BCUT2D eigenvalue weighted by Crippen LogP contribution is -2.64. The number of benzene rings is 2. The van der Waals surface area contributed by atoms with Crippen molar-refractivity contribution in [1.29, 1.82) is 0 Å². The third-order valence-electron chi connectivity index (χ3n) is 20.6. The zero-order valence-electron chi connectivity index (χ0n) is 55.7. The molecule has 6 amide bonds. The van der Waals surface area contributed by atoms with Gasteiger partial charge in [0.1, 0.15) is 40.2 Å². The molecule has 4 aliphatic heterocycles. The van der Waals surface area contributed by atoms with E-state index in [0.29, 0.717) is 41.6 Å². The van der Waals surface area contributed by atoms with Crippen LogP contribution in [-0.4, -0.2) is 265 Å². The first-order valence-corrected chi connectivity index (χ1v) is 36.7. The number of piperidine rings is 1. The highest BCUT2D eigenvalue weighted by atomic mass is 35.5. The molecule has 16 N–H and O–H groups in total. The highest BCUT2D eigenvalue weighted by Crippen LogP contribution is 2.44. The van der Waals surface area contributed by atoms with E-state index in [2.05, 4.69) is 57.2 Å². The van der Waals surface area contributed by atoms with Crippen LogP contribution < -0.4 is 41.0 Å². The Bertz CT molecular complexity index is 3390. The molecule has 2 saturated carbocycles. The van der Waals surface area contributed by atoms with Crippen molar-refractivity contribution in [2.24, 2.45) is 17.8 Å². The summed E-state index contributed by atoms with van der Waals surface area (Å²) in [5.41, 5.74) is 1.64.